The van der Waals surface area contributed by atoms with Crippen LogP contribution in [0.25, 0.3) is 0 Å². The Morgan fingerprint density at radius 3 is 2.45 bits per heavy atom. The molecule has 0 radical (unpaired) electrons. The zero-order valence-electron chi connectivity index (χ0n) is 13.3. The first kappa shape index (κ1) is 16.2. The molecular formula is C19H22FNO. The van der Waals surface area contributed by atoms with Crippen LogP contribution in [0.3, 0.4) is 0 Å². The van der Waals surface area contributed by atoms with Crippen molar-refractivity contribution >= 4 is 5.91 Å². The van der Waals surface area contributed by atoms with Gasteiger partial charge in [-0.1, -0.05) is 43.3 Å². The third kappa shape index (κ3) is 3.73. The second kappa shape index (κ2) is 7.21. The first-order valence-corrected chi connectivity index (χ1v) is 7.60. The fourth-order valence-electron chi connectivity index (χ4n) is 2.54. The summed E-state index contributed by atoms with van der Waals surface area (Å²) in [6.45, 7) is 3.75. The average Bonchev–Trinajstić information content (AvgIpc) is 2.54. The molecule has 0 aliphatic rings. The number of nitrogens with zero attached hydrogens (tertiary/aromatic N) is 1. The Morgan fingerprint density at radius 2 is 1.86 bits per heavy atom. The molecule has 3 heteroatoms. The summed E-state index contributed by atoms with van der Waals surface area (Å²) in [5.41, 5.74) is 2.15. The van der Waals surface area contributed by atoms with Gasteiger partial charge in [-0.2, -0.15) is 0 Å². The highest BCUT2D eigenvalue weighted by Crippen LogP contribution is 2.16. The van der Waals surface area contributed by atoms with E-state index in [1.165, 1.54) is 11.6 Å². The molecule has 2 rings (SSSR count). The van der Waals surface area contributed by atoms with Crippen molar-refractivity contribution in [1.82, 2.24) is 4.90 Å². The molecule has 0 saturated carbocycles. The van der Waals surface area contributed by atoms with Crippen LogP contribution in [0.15, 0.2) is 48.5 Å². The second-order valence-corrected chi connectivity index (χ2v) is 5.63. The summed E-state index contributed by atoms with van der Waals surface area (Å²) in [5, 5.41) is 0. The quantitative estimate of drug-likeness (QED) is 0.809. The van der Waals surface area contributed by atoms with Crippen LogP contribution in [-0.2, 0) is 6.42 Å². The molecule has 1 amide bonds. The highest BCUT2D eigenvalue weighted by molar-refractivity contribution is 5.94. The minimum atomic E-state index is -0.338. The van der Waals surface area contributed by atoms with Gasteiger partial charge in [-0.15, -0.1) is 0 Å². The van der Waals surface area contributed by atoms with Crippen molar-refractivity contribution in [2.24, 2.45) is 0 Å². The van der Waals surface area contributed by atoms with E-state index in [4.69, 9.17) is 0 Å². The molecule has 22 heavy (non-hydrogen) atoms. The summed E-state index contributed by atoms with van der Waals surface area (Å²) in [6.07, 6.45) is 1.65. The normalized spacial score (nSPS) is 12.0. The van der Waals surface area contributed by atoms with Crippen LogP contribution in [0.4, 0.5) is 4.39 Å². The highest BCUT2D eigenvalue weighted by Gasteiger charge is 2.20. The van der Waals surface area contributed by atoms with Crippen molar-refractivity contribution in [3.8, 4) is 0 Å². The minimum absolute atomic E-state index is 0.0965. The van der Waals surface area contributed by atoms with E-state index in [2.05, 4.69) is 19.1 Å². The largest absolute Gasteiger partial charge is 0.338 e. The van der Waals surface area contributed by atoms with Gasteiger partial charge < -0.3 is 4.90 Å². The van der Waals surface area contributed by atoms with Gasteiger partial charge in [-0.05, 0) is 43.0 Å². The van der Waals surface area contributed by atoms with Crippen molar-refractivity contribution in [3.63, 3.8) is 0 Å². The van der Waals surface area contributed by atoms with Crippen molar-refractivity contribution in [2.45, 2.75) is 32.7 Å². The third-order valence-electron chi connectivity index (χ3n) is 4.07. The van der Waals surface area contributed by atoms with Crippen molar-refractivity contribution in [2.75, 3.05) is 7.05 Å². The van der Waals surface area contributed by atoms with Gasteiger partial charge in [0.2, 0.25) is 0 Å². The molecule has 0 spiro atoms. The van der Waals surface area contributed by atoms with Crippen molar-refractivity contribution in [3.05, 3.63) is 71.0 Å². The molecule has 2 aromatic carbocycles. The predicted octanol–water partition coefficient (Wildman–Crippen LogP) is 4.23. The summed E-state index contributed by atoms with van der Waals surface area (Å²) >= 11 is 0. The average molecular weight is 299 g/mol. The van der Waals surface area contributed by atoms with E-state index in [0.29, 0.717) is 11.1 Å². The summed E-state index contributed by atoms with van der Waals surface area (Å²) in [5.74, 6) is -0.475. The smallest absolute Gasteiger partial charge is 0.253 e. The highest BCUT2D eigenvalue weighted by atomic mass is 19.1. The van der Waals surface area contributed by atoms with Crippen LogP contribution in [0, 0.1) is 12.7 Å². The first-order valence-electron chi connectivity index (χ1n) is 7.60. The van der Waals surface area contributed by atoms with Gasteiger partial charge in [0.1, 0.15) is 5.82 Å². The Morgan fingerprint density at radius 1 is 1.18 bits per heavy atom. The van der Waals surface area contributed by atoms with E-state index in [1.54, 1.807) is 31.0 Å². The monoisotopic (exact) mass is 299 g/mol. The van der Waals surface area contributed by atoms with Crippen LogP contribution in [-0.4, -0.2) is 23.9 Å². The number of hydrogen-bond donors (Lipinski definition) is 0. The number of carbonyl (C=O) groups is 1. The van der Waals surface area contributed by atoms with Crippen LogP contribution >= 0.6 is 0 Å². The van der Waals surface area contributed by atoms with Gasteiger partial charge in [0.25, 0.3) is 5.91 Å². The van der Waals surface area contributed by atoms with Crippen molar-refractivity contribution < 1.29 is 9.18 Å². The fourth-order valence-corrected chi connectivity index (χ4v) is 2.54. The maximum Gasteiger partial charge on any atom is 0.253 e. The number of halogens is 1. The summed E-state index contributed by atoms with van der Waals surface area (Å²) in [7, 11) is 1.79. The molecule has 0 heterocycles. The summed E-state index contributed by atoms with van der Waals surface area (Å²) < 4.78 is 13.7. The lowest BCUT2D eigenvalue weighted by atomic mass is 10.0. The van der Waals surface area contributed by atoms with Crippen molar-refractivity contribution in [1.29, 1.82) is 0 Å². The summed E-state index contributed by atoms with van der Waals surface area (Å²) in [4.78, 5) is 14.3. The second-order valence-electron chi connectivity index (χ2n) is 5.63. The number of aryl methyl sites for hydroxylation is 1. The summed E-state index contributed by atoms with van der Waals surface area (Å²) in [6, 6.07) is 14.9. The zero-order chi connectivity index (χ0) is 16.1. The molecule has 0 aliphatic carbocycles. The standard InChI is InChI=1S/C19H22FNO/c1-4-17(12-15-8-6-5-7-9-15)21(3)19(22)16-11-10-14(2)18(20)13-16/h5-11,13,17H,4,12H2,1-3H3/t17-/m1/s1. The Labute approximate surface area is 131 Å². The molecule has 0 N–H and O–H groups in total. The van der Waals surface area contributed by atoms with E-state index in [-0.39, 0.29) is 17.8 Å². The van der Waals surface area contributed by atoms with Gasteiger partial charge >= 0.3 is 0 Å². The Bertz CT molecular complexity index is 639. The Kier molecular flexibility index (Phi) is 5.31. The van der Waals surface area contributed by atoms with E-state index >= 15 is 0 Å². The van der Waals surface area contributed by atoms with Gasteiger partial charge in [0, 0.05) is 18.7 Å². The lowest BCUT2D eigenvalue weighted by Crippen LogP contribution is -2.38. The molecule has 116 valence electrons. The van der Waals surface area contributed by atoms with Crippen LogP contribution in [0.2, 0.25) is 0 Å². The predicted molar refractivity (Wildman–Crippen MR) is 87.5 cm³/mol. The number of benzene rings is 2. The molecule has 1 atom stereocenters. The lowest BCUT2D eigenvalue weighted by Gasteiger charge is -2.27. The number of amides is 1. The molecule has 2 nitrogen and oxygen atoms in total. The minimum Gasteiger partial charge on any atom is -0.338 e. The molecule has 0 unspecified atom stereocenters. The molecule has 0 bridgehead atoms. The molecule has 0 fully saturated rings. The lowest BCUT2D eigenvalue weighted by molar-refractivity contribution is 0.0726. The first-order chi connectivity index (χ1) is 10.5. The number of rotatable bonds is 5. The number of likely N-dealkylation sites (N-methyl/N-ethyl adjacent to an activating group) is 1. The molecule has 0 saturated heterocycles. The molecule has 2 aromatic rings. The maximum atomic E-state index is 13.7. The number of carbonyl (C=O) groups excluding carboxylic acids is 1. The number of hydrogen-bond acceptors (Lipinski definition) is 1. The van der Waals surface area contributed by atoms with Crippen LogP contribution < -0.4 is 0 Å². The molecule has 0 aliphatic heterocycles. The van der Waals surface area contributed by atoms with Gasteiger partial charge in [0.05, 0.1) is 0 Å². The topological polar surface area (TPSA) is 20.3 Å². The Hall–Kier alpha value is -2.16. The van der Waals surface area contributed by atoms with Crippen LogP contribution in [0.5, 0.6) is 0 Å². The van der Waals surface area contributed by atoms with E-state index in [0.717, 1.165) is 12.8 Å². The fraction of sp³-hybridized carbons (Fsp3) is 0.316. The molecule has 0 aromatic heterocycles. The van der Waals surface area contributed by atoms with Crippen LogP contribution in [0.1, 0.15) is 34.8 Å². The molecular weight excluding hydrogens is 277 g/mol. The van der Waals surface area contributed by atoms with E-state index in [1.807, 2.05) is 18.2 Å². The Balaban J connectivity index is 2.14. The maximum absolute atomic E-state index is 13.7. The van der Waals surface area contributed by atoms with Gasteiger partial charge in [0.15, 0.2) is 0 Å². The van der Waals surface area contributed by atoms with E-state index < -0.39 is 0 Å². The third-order valence-corrected chi connectivity index (χ3v) is 4.07. The zero-order valence-corrected chi connectivity index (χ0v) is 13.3. The SMILES string of the molecule is CC[C@H](Cc1ccccc1)N(C)C(=O)c1ccc(C)c(F)c1. The van der Waals surface area contributed by atoms with Gasteiger partial charge in [-0.25, -0.2) is 4.39 Å². The van der Waals surface area contributed by atoms with E-state index in [9.17, 15) is 9.18 Å². The van der Waals surface area contributed by atoms with Gasteiger partial charge in [-0.3, -0.25) is 4.79 Å².